The highest BCUT2D eigenvalue weighted by molar-refractivity contribution is 7.98. The average Bonchev–Trinajstić information content (AvgIpc) is 3.44. The van der Waals surface area contributed by atoms with Crippen LogP contribution in [0.3, 0.4) is 0 Å². The number of thiophene rings is 1. The third-order valence-corrected chi connectivity index (χ3v) is 7.37. The van der Waals surface area contributed by atoms with Gasteiger partial charge in [-0.05, 0) is 47.6 Å². The van der Waals surface area contributed by atoms with Crippen LogP contribution in [-0.4, -0.2) is 34.6 Å². The van der Waals surface area contributed by atoms with Crippen LogP contribution in [0.4, 0.5) is 0 Å². The number of nitrogens with two attached hydrogens (primary N) is 1. The van der Waals surface area contributed by atoms with Gasteiger partial charge in [-0.15, -0.1) is 11.3 Å². The smallest absolute Gasteiger partial charge is 0.254 e. The number of thioether (sulfide) groups is 1. The number of aromatic nitrogens is 1. The molecule has 9 heteroatoms. The summed E-state index contributed by atoms with van der Waals surface area (Å²) in [5, 5.41) is 6.43. The number of fused-ring (bicyclic) bond motifs is 1. The van der Waals surface area contributed by atoms with Crippen molar-refractivity contribution in [2.45, 2.75) is 18.7 Å². The van der Waals surface area contributed by atoms with Gasteiger partial charge in [-0.3, -0.25) is 14.4 Å². The maximum absolute atomic E-state index is 13.2. The van der Waals surface area contributed by atoms with Gasteiger partial charge < -0.3 is 20.9 Å². The Hall–Kier alpha value is -3.04. The summed E-state index contributed by atoms with van der Waals surface area (Å²) in [4.78, 5) is 37.2. The highest BCUT2D eigenvalue weighted by Crippen LogP contribution is 2.38. The molecule has 0 saturated heterocycles. The van der Waals surface area contributed by atoms with Crippen molar-refractivity contribution in [2.75, 3.05) is 12.3 Å². The summed E-state index contributed by atoms with van der Waals surface area (Å²) < 4.78 is 2.00. The molecule has 0 aliphatic carbocycles. The zero-order valence-electron chi connectivity index (χ0n) is 16.7. The van der Waals surface area contributed by atoms with E-state index in [4.69, 9.17) is 5.73 Å². The number of hydrogen-bond donors (Lipinski definition) is 3. The third kappa shape index (κ3) is 4.83. The van der Waals surface area contributed by atoms with Gasteiger partial charge in [0.15, 0.2) is 0 Å². The van der Waals surface area contributed by atoms with Crippen LogP contribution < -0.4 is 16.4 Å². The van der Waals surface area contributed by atoms with E-state index in [1.54, 1.807) is 35.6 Å². The third-order valence-electron chi connectivity index (χ3n) is 4.96. The first-order valence-corrected chi connectivity index (χ1v) is 11.8. The largest absolute Gasteiger partial charge is 0.368 e. The summed E-state index contributed by atoms with van der Waals surface area (Å²) in [5.41, 5.74) is 8.26. The molecule has 0 saturated carbocycles. The molecular weight excluding hydrogens is 432 g/mol. The van der Waals surface area contributed by atoms with E-state index in [-0.39, 0.29) is 18.4 Å². The summed E-state index contributed by atoms with van der Waals surface area (Å²) in [6.07, 6.45) is 4.82. The Morgan fingerprint density at radius 2 is 1.77 bits per heavy atom. The fraction of sp³-hybridized carbons (Fsp3) is 0.227. The summed E-state index contributed by atoms with van der Waals surface area (Å²) >= 11 is 3.58. The van der Waals surface area contributed by atoms with Crippen molar-refractivity contribution < 1.29 is 14.4 Å². The average molecular weight is 455 g/mol. The van der Waals surface area contributed by atoms with Gasteiger partial charge in [0.2, 0.25) is 5.91 Å². The quantitative estimate of drug-likeness (QED) is 0.510. The van der Waals surface area contributed by atoms with Crippen LogP contribution in [0.1, 0.15) is 36.7 Å². The molecule has 1 aromatic carbocycles. The zero-order valence-corrected chi connectivity index (χ0v) is 18.4. The SMILES string of the molecule is NC(=O)CNC(=O)c1ccc(CNC(=O)c2c(-n3cccc3)sc3c2CCSC3)cc1. The highest BCUT2D eigenvalue weighted by atomic mass is 32.2. The molecule has 0 atom stereocenters. The van der Waals surface area contributed by atoms with Gasteiger partial charge in [-0.1, -0.05) is 12.1 Å². The molecule has 3 aromatic rings. The van der Waals surface area contributed by atoms with Crippen LogP contribution in [0, 0.1) is 0 Å². The molecule has 3 amide bonds. The first-order chi connectivity index (χ1) is 15.0. The maximum Gasteiger partial charge on any atom is 0.254 e. The lowest BCUT2D eigenvalue weighted by Crippen LogP contribution is -2.33. The van der Waals surface area contributed by atoms with Gasteiger partial charge in [0.1, 0.15) is 5.00 Å². The number of nitrogens with zero attached hydrogens (tertiary/aromatic N) is 1. The molecule has 7 nitrogen and oxygen atoms in total. The normalized spacial score (nSPS) is 12.8. The van der Waals surface area contributed by atoms with Crippen LogP contribution in [0.25, 0.3) is 5.00 Å². The number of rotatable bonds is 7. The van der Waals surface area contributed by atoms with Crippen molar-refractivity contribution in [3.05, 3.63) is 75.9 Å². The molecule has 0 unspecified atom stereocenters. The van der Waals surface area contributed by atoms with Crippen molar-refractivity contribution in [1.29, 1.82) is 0 Å². The van der Waals surface area contributed by atoms with Crippen LogP contribution in [0.2, 0.25) is 0 Å². The Balaban J connectivity index is 1.46. The molecular formula is C22H22N4O3S2. The number of amides is 3. The summed E-state index contributed by atoms with van der Waals surface area (Å²) in [6, 6.07) is 10.8. The van der Waals surface area contributed by atoms with Crippen LogP contribution >= 0.6 is 23.1 Å². The zero-order chi connectivity index (χ0) is 21.8. The van der Waals surface area contributed by atoms with E-state index in [0.29, 0.717) is 12.1 Å². The van der Waals surface area contributed by atoms with Crippen LogP contribution in [0.15, 0.2) is 48.8 Å². The minimum Gasteiger partial charge on any atom is -0.368 e. The van der Waals surface area contributed by atoms with Crippen molar-refractivity contribution in [3.63, 3.8) is 0 Å². The molecule has 1 aliphatic heterocycles. The predicted octanol–water partition coefficient (Wildman–Crippen LogP) is 2.47. The monoisotopic (exact) mass is 454 g/mol. The number of carbonyl (C=O) groups is 3. The van der Waals surface area contributed by atoms with Crippen molar-refractivity contribution in [2.24, 2.45) is 5.73 Å². The minimum atomic E-state index is -0.596. The fourth-order valence-electron chi connectivity index (χ4n) is 3.42. The fourth-order valence-corrected chi connectivity index (χ4v) is 5.86. The van der Waals surface area contributed by atoms with E-state index in [9.17, 15) is 14.4 Å². The van der Waals surface area contributed by atoms with Crippen molar-refractivity contribution in [1.82, 2.24) is 15.2 Å². The Labute approximate surface area is 188 Å². The molecule has 1 aliphatic rings. The summed E-state index contributed by atoms with van der Waals surface area (Å²) in [7, 11) is 0. The second kappa shape index (κ2) is 9.40. The Morgan fingerprint density at radius 1 is 1.03 bits per heavy atom. The molecule has 0 spiro atoms. The maximum atomic E-state index is 13.2. The van der Waals surface area contributed by atoms with E-state index in [1.807, 2.05) is 40.9 Å². The number of primary amides is 1. The van der Waals surface area contributed by atoms with Crippen LogP contribution in [0.5, 0.6) is 0 Å². The van der Waals surface area contributed by atoms with E-state index >= 15 is 0 Å². The van der Waals surface area contributed by atoms with Gasteiger partial charge in [-0.2, -0.15) is 11.8 Å². The second-order valence-corrected chi connectivity index (χ2v) is 9.29. The lowest BCUT2D eigenvalue weighted by molar-refractivity contribution is -0.117. The molecule has 0 bridgehead atoms. The topological polar surface area (TPSA) is 106 Å². The molecule has 2 aromatic heterocycles. The molecule has 31 heavy (non-hydrogen) atoms. The first-order valence-electron chi connectivity index (χ1n) is 9.82. The van der Waals surface area contributed by atoms with Gasteiger partial charge >= 0.3 is 0 Å². The van der Waals surface area contributed by atoms with E-state index < -0.39 is 5.91 Å². The Bertz CT molecular complexity index is 1100. The standard InChI is InChI=1S/C22H22N4O3S2/c23-18(27)12-25-20(28)15-5-3-14(4-6-15)11-24-21(29)19-16-7-10-30-13-17(16)31-22(19)26-8-1-2-9-26/h1-6,8-9H,7,10-13H2,(H2,23,27)(H,24,29)(H,25,28). The van der Waals surface area contributed by atoms with E-state index in [2.05, 4.69) is 10.6 Å². The predicted molar refractivity (Wildman–Crippen MR) is 123 cm³/mol. The van der Waals surface area contributed by atoms with Gasteiger partial charge in [0.05, 0.1) is 12.1 Å². The number of benzene rings is 1. The Kier molecular flexibility index (Phi) is 6.43. The molecule has 3 heterocycles. The van der Waals surface area contributed by atoms with Crippen molar-refractivity contribution in [3.8, 4) is 5.00 Å². The number of carbonyl (C=O) groups excluding carboxylic acids is 3. The number of hydrogen-bond acceptors (Lipinski definition) is 5. The lowest BCUT2D eigenvalue weighted by atomic mass is 10.1. The second-order valence-electron chi connectivity index (χ2n) is 7.11. The van der Waals surface area contributed by atoms with E-state index in [1.165, 1.54) is 4.88 Å². The molecule has 160 valence electrons. The Morgan fingerprint density at radius 3 is 2.48 bits per heavy atom. The number of nitrogens with one attached hydrogen (secondary N) is 2. The minimum absolute atomic E-state index is 0.0867. The summed E-state index contributed by atoms with van der Waals surface area (Å²) in [6.45, 7) is 0.149. The van der Waals surface area contributed by atoms with Gasteiger partial charge in [0.25, 0.3) is 11.8 Å². The van der Waals surface area contributed by atoms with Crippen LogP contribution in [-0.2, 0) is 23.5 Å². The lowest BCUT2D eigenvalue weighted by Gasteiger charge is -2.13. The first kappa shape index (κ1) is 21.2. The highest BCUT2D eigenvalue weighted by Gasteiger charge is 2.26. The summed E-state index contributed by atoms with van der Waals surface area (Å²) in [5.74, 6) is 0.918. The molecule has 4 N–H and O–H groups in total. The molecule has 0 radical (unpaired) electrons. The molecule has 4 rings (SSSR count). The van der Waals surface area contributed by atoms with Crippen molar-refractivity contribution >= 4 is 40.8 Å². The van der Waals surface area contributed by atoms with Gasteiger partial charge in [-0.25, -0.2) is 0 Å². The molecule has 0 fully saturated rings. The van der Waals surface area contributed by atoms with Gasteiger partial charge in [0, 0.05) is 35.1 Å². The van der Waals surface area contributed by atoms with E-state index in [0.717, 1.165) is 39.6 Å².